The third-order valence-electron chi connectivity index (χ3n) is 3.96. The molecule has 0 unspecified atom stereocenters. The van der Waals surface area contributed by atoms with Crippen LogP contribution < -0.4 is 0 Å². The van der Waals surface area contributed by atoms with E-state index >= 15 is 0 Å². The predicted octanol–water partition coefficient (Wildman–Crippen LogP) is 5.14. The van der Waals surface area contributed by atoms with E-state index in [1.165, 1.54) is 11.1 Å². The fourth-order valence-corrected chi connectivity index (χ4v) is 2.35. The molecule has 0 bridgehead atoms. The molecule has 0 spiro atoms. The van der Waals surface area contributed by atoms with Crippen molar-refractivity contribution >= 4 is 23.8 Å². The van der Waals surface area contributed by atoms with Crippen LogP contribution in [0.1, 0.15) is 22.5 Å². The zero-order valence-electron chi connectivity index (χ0n) is 14.3. The third kappa shape index (κ3) is 3.87. The molecule has 0 aliphatic carbocycles. The first kappa shape index (κ1) is 15.9. The molecular formula is C21H21N3. The van der Waals surface area contributed by atoms with Crippen molar-refractivity contribution in [2.45, 2.75) is 13.8 Å². The van der Waals surface area contributed by atoms with E-state index in [0.29, 0.717) is 0 Å². The molecule has 3 rings (SSSR count). The van der Waals surface area contributed by atoms with Gasteiger partial charge in [0.25, 0.3) is 0 Å². The maximum atomic E-state index is 4.53. The summed E-state index contributed by atoms with van der Waals surface area (Å²) in [6.07, 6.45) is 3.77. The summed E-state index contributed by atoms with van der Waals surface area (Å²) in [5, 5.41) is 0. The first-order valence-corrected chi connectivity index (χ1v) is 7.99. The summed E-state index contributed by atoms with van der Waals surface area (Å²) in [7, 11) is 2.02. The number of hydrogen-bond donors (Lipinski definition) is 0. The summed E-state index contributed by atoms with van der Waals surface area (Å²) >= 11 is 0. The number of aryl methyl sites for hydroxylation is 2. The van der Waals surface area contributed by atoms with E-state index in [2.05, 4.69) is 52.7 Å². The van der Waals surface area contributed by atoms with E-state index in [0.717, 1.165) is 22.8 Å². The molecule has 0 aliphatic heterocycles. The molecule has 120 valence electrons. The van der Waals surface area contributed by atoms with Gasteiger partial charge in [-0.1, -0.05) is 35.4 Å². The quantitative estimate of drug-likeness (QED) is 0.596. The summed E-state index contributed by atoms with van der Waals surface area (Å²) in [4.78, 5) is 9.06. The summed E-state index contributed by atoms with van der Waals surface area (Å²) in [5.74, 6) is 0. The average Bonchev–Trinajstić information content (AvgIpc) is 2.94. The molecule has 24 heavy (non-hydrogen) atoms. The van der Waals surface area contributed by atoms with Gasteiger partial charge >= 0.3 is 0 Å². The van der Waals surface area contributed by atoms with Crippen molar-refractivity contribution in [3.63, 3.8) is 0 Å². The van der Waals surface area contributed by atoms with Gasteiger partial charge in [-0.3, -0.25) is 9.98 Å². The van der Waals surface area contributed by atoms with Crippen LogP contribution in [0.5, 0.6) is 0 Å². The smallest absolute Gasteiger partial charge is 0.0630 e. The standard InChI is InChI=1S/C21H21N3/c1-16-4-8-18(9-5-16)22-14-20-12-13-21(24(20)3)15-23-19-10-6-17(2)7-11-19/h4-15H,1-3H3. The lowest BCUT2D eigenvalue weighted by Gasteiger charge is -2.01. The van der Waals surface area contributed by atoms with Crippen LogP contribution in [0.15, 0.2) is 70.6 Å². The van der Waals surface area contributed by atoms with Crippen molar-refractivity contribution in [3.05, 3.63) is 83.2 Å². The van der Waals surface area contributed by atoms with Gasteiger partial charge in [-0.25, -0.2) is 0 Å². The van der Waals surface area contributed by atoms with Gasteiger partial charge in [0.05, 0.1) is 35.2 Å². The van der Waals surface area contributed by atoms with Crippen LogP contribution >= 0.6 is 0 Å². The van der Waals surface area contributed by atoms with Crippen LogP contribution in [0.2, 0.25) is 0 Å². The zero-order valence-corrected chi connectivity index (χ0v) is 14.3. The fourth-order valence-electron chi connectivity index (χ4n) is 2.35. The van der Waals surface area contributed by atoms with E-state index in [1.807, 2.05) is 55.9 Å². The maximum absolute atomic E-state index is 4.53. The Hall–Kier alpha value is -2.94. The minimum Gasteiger partial charge on any atom is -0.342 e. The van der Waals surface area contributed by atoms with Crippen LogP contribution in [-0.4, -0.2) is 17.0 Å². The van der Waals surface area contributed by atoms with Gasteiger partial charge in [0.15, 0.2) is 0 Å². The SMILES string of the molecule is Cc1ccc(N=Cc2ccc(C=Nc3ccc(C)cc3)n2C)cc1. The largest absolute Gasteiger partial charge is 0.342 e. The molecule has 0 atom stereocenters. The molecule has 0 saturated carbocycles. The Kier molecular flexibility index (Phi) is 4.71. The Morgan fingerprint density at radius 3 is 1.38 bits per heavy atom. The molecule has 0 saturated heterocycles. The highest BCUT2D eigenvalue weighted by Gasteiger charge is 2.00. The second kappa shape index (κ2) is 7.09. The molecule has 3 nitrogen and oxygen atoms in total. The van der Waals surface area contributed by atoms with E-state index in [4.69, 9.17) is 0 Å². The number of nitrogens with zero attached hydrogens (tertiary/aromatic N) is 3. The van der Waals surface area contributed by atoms with Gasteiger partial charge in [0.1, 0.15) is 0 Å². The number of aliphatic imine (C=N–C) groups is 2. The predicted molar refractivity (Wildman–Crippen MR) is 102 cm³/mol. The second-order valence-corrected chi connectivity index (χ2v) is 5.93. The number of hydrogen-bond acceptors (Lipinski definition) is 2. The van der Waals surface area contributed by atoms with Gasteiger partial charge < -0.3 is 4.57 Å². The Morgan fingerprint density at radius 2 is 1.00 bits per heavy atom. The summed E-state index contributed by atoms with van der Waals surface area (Å²) in [6, 6.07) is 20.5. The van der Waals surface area contributed by atoms with Crippen LogP contribution in [0.25, 0.3) is 0 Å². The van der Waals surface area contributed by atoms with Crippen molar-refractivity contribution in [1.29, 1.82) is 0 Å². The second-order valence-electron chi connectivity index (χ2n) is 5.93. The highest BCUT2D eigenvalue weighted by Crippen LogP contribution is 2.14. The van der Waals surface area contributed by atoms with E-state index in [1.54, 1.807) is 0 Å². The highest BCUT2D eigenvalue weighted by atomic mass is 15.0. The van der Waals surface area contributed by atoms with Gasteiger partial charge in [-0.2, -0.15) is 0 Å². The van der Waals surface area contributed by atoms with Crippen LogP contribution in [0, 0.1) is 13.8 Å². The summed E-state index contributed by atoms with van der Waals surface area (Å²) in [6.45, 7) is 4.15. The van der Waals surface area contributed by atoms with Crippen LogP contribution in [-0.2, 0) is 7.05 Å². The molecular weight excluding hydrogens is 294 g/mol. The van der Waals surface area contributed by atoms with Crippen LogP contribution in [0.3, 0.4) is 0 Å². The molecule has 0 amide bonds. The maximum Gasteiger partial charge on any atom is 0.0630 e. The van der Waals surface area contributed by atoms with Gasteiger partial charge in [0, 0.05) is 7.05 Å². The first-order valence-electron chi connectivity index (χ1n) is 7.99. The lowest BCUT2D eigenvalue weighted by Crippen LogP contribution is -1.99. The molecule has 3 heteroatoms. The number of aromatic nitrogens is 1. The molecule has 1 heterocycles. The highest BCUT2D eigenvalue weighted by molar-refractivity contribution is 5.86. The first-order chi connectivity index (χ1) is 11.6. The molecule has 0 aliphatic rings. The molecule has 0 radical (unpaired) electrons. The Labute approximate surface area is 143 Å². The van der Waals surface area contributed by atoms with E-state index < -0.39 is 0 Å². The topological polar surface area (TPSA) is 29.6 Å². The normalized spacial score (nSPS) is 11.6. The average molecular weight is 315 g/mol. The van der Waals surface area contributed by atoms with Gasteiger partial charge in [-0.15, -0.1) is 0 Å². The minimum absolute atomic E-state index is 0.955. The van der Waals surface area contributed by atoms with Gasteiger partial charge in [-0.05, 0) is 50.2 Å². The van der Waals surface area contributed by atoms with E-state index in [-0.39, 0.29) is 0 Å². The Bertz CT molecular complexity index is 793. The summed E-state index contributed by atoms with van der Waals surface area (Å²) < 4.78 is 2.08. The van der Waals surface area contributed by atoms with E-state index in [9.17, 15) is 0 Å². The Balaban J connectivity index is 1.75. The Morgan fingerprint density at radius 1 is 0.625 bits per heavy atom. The summed E-state index contributed by atoms with van der Waals surface area (Å²) in [5.41, 5.74) is 6.47. The molecule has 1 aromatic heterocycles. The van der Waals surface area contributed by atoms with Crippen LogP contribution in [0.4, 0.5) is 11.4 Å². The molecule has 0 N–H and O–H groups in total. The lowest BCUT2D eigenvalue weighted by molar-refractivity contribution is 0.909. The lowest BCUT2D eigenvalue weighted by atomic mass is 10.2. The van der Waals surface area contributed by atoms with Crippen molar-refractivity contribution in [2.24, 2.45) is 17.0 Å². The minimum atomic E-state index is 0.955. The fraction of sp³-hybridized carbons (Fsp3) is 0.143. The number of benzene rings is 2. The zero-order chi connectivity index (χ0) is 16.9. The molecule has 3 aromatic rings. The molecule has 0 fully saturated rings. The monoisotopic (exact) mass is 315 g/mol. The van der Waals surface area contributed by atoms with Crippen molar-refractivity contribution in [1.82, 2.24) is 4.57 Å². The molecule has 2 aromatic carbocycles. The third-order valence-corrected chi connectivity index (χ3v) is 3.96. The van der Waals surface area contributed by atoms with Gasteiger partial charge in [0.2, 0.25) is 0 Å². The van der Waals surface area contributed by atoms with Crippen molar-refractivity contribution < 1.29 is 0 Å². The van der Waals surface area contributed by atoms with Crippen molar-refractivity contribution in [2.75, 3.05) is 0 Å². The van der Waals surface area contributed by atoms with Crippen molar-refractivity contribution in [3.8, 4) is 0 Å². The number of rotatable bonds is 4.